The van der Waals surface area contributed by atoms with Gasteiger partial charge >= 0.3 is 0 Å². The van der Waals surface area contributed by atoms with Crippen molar-refractivity contribution in [2.24, 2.45) is 5.73 Å². The fraction of sp³-hybridized carbons (Fsp3) is 0.273. The van der Waals surface area contributed by atoms with Crippen molar-refractivity contribution in [1.82, 2.24) is 0 Å². The molecule has 4 aromatic carbocycles. The highest BCUT2D eigenvalue weighted by Gasteiger charge is 2.34. The molecular formula is C33H37N2O2+. The maximum atomic E-state index is 6.50. The van der Waals surface area contributed by atoms with Crippen molar-refractivity contribution in [3.05, 3.63) is 131 Å². The molecule has 4 aromatic rings. The third-order valence-electron chi connectivity index (χ3n) is 7.21. The number of piperidine rings is 1. The van der Waals surface area contributed by atoms with E-state index in [4.69, 9.17) is 15.2 Å². The molecule has 0 bridgehead atoms. The highest BCUT2D eigenvalue weighted by molar-refractivity contribution is 5.29. The lowest BCUT2D eigenvalue weighted by atomic mass is 10.00. The van der Waals surface area contributed by atoms with Crippen molar-refractivity contribution in [1.29, 1.82) is 0 Å². The van der Waals surface area contributed by atoms with Gasteiger partial charge in [-0.1, -0.05) is 60.7 Å². The summed E-state index contributed by atoms with van der Waals surface area (Å²) in [5.41, 5.74) is 11.5. The van der Waals surface area contributed by atoms with Crippen LogP contribution in [0.5, 0.6) is 11.5 Å². The van der Waals surface area contributed by atoms with Crippen LogP contribution in [-0.4, -0.2) is 23.6 Å². The Morgan fingerprint density at radius 1 is 0.595 bits per heavy atom. The monoisotopic (exact) mass is 493 g/mol. The van der Waals surface area contributed by atoms with Crippen LogP contribution >= 0.6 is 0 Å². The van der Waals surface area contributed by atoms with Crippen LogP contribution in [0.25, 0.3) is 0 Å². The molecule has 0 amide bonds. The van der Waals surface area contributed by atoms with Crippen LogP contribution in [0.3, 0.4) is 0 Å². The minimum Gasteiger partial charge on any atom is -0.489 e. The molecule has 5 rings (SSSR count). The van der Waals surface area contributed by atoms with Crippen molar-refractivity contribution in [3.63, 3.8) is 0 Å². The van der Waals surface area contributed by atoms with Crippen LogP contribution in [-0.2, 0) is 26.3 Å². The average molecular weight is 494 g/mol. The number of rotatable bonds is 10. The number of benzene rings is 4. The summed E-state index contributed by atoms with van der Waals surface area (Å²) in [6.07, 6.45) is 2.27. The Labute approximate surface area is 220 Å². The van der Waals surface area contributed by atoms with Crippen molar-refractivity contribution in [3.8, 4) is 11.5 Å². The Hall–Kier alpha value is -3.60. The molecule has 2 N–H and O–H groups in total. The highest BCUT2D eigenvalue weighted by Crippen LogP contribution is 2.28. The van der Waals surface area contributed by atoms with Crippen molar-refractivity contribution >= 4 is 0 Å². The molecule has 0 spiro atoms. The molecule has 0 saturated carbocycles. The van der Waals surface area contributed by atoms with Gasteiger partial charge in [-0.05, 0) is 72.5 Å². The molecule has 4 heteroatoms. The first kappa shape index (κ1) is 25.1. The summed E-state index contributed by atoms with van der Waals surface area (Å²) in [6.45, 7) is 5.25. The molecule has 190 valence electrons. The summed E-state index contributed by atoms with van der Waals surface area (Å²) in [4.78, 5) is 0. The van der Waals surface area contributed by atoms with Gasteiger partial charge in [0.2, 0.25) is 0 Å². The van der Waals surface area contributed by atoms with Crippen LogP contribution in [0.2, 0.25) is 0 Å². The third kappa shape index (κ3) is 7.22. The molecule has 1 aliphatic rings. The molecule has 1 saturated heterocycles. The van der Waals surface area contributed by atoms with Gasteiger partial charge in [0.05, 0.1) is 19.1 Å². The zero-order valence-electron chi connectivity index (χ0n) is 21.5. The normalized spacial score (nSPS) is 16.7. The first-order chi connectivity index (χ1) is 18.2. The van der Waals surface area contributed by atoms with Gasteiger partial charge in [-0.2, -0.15) is 0 Å². The van der Waals surface area contributed by atoms with E-state index in [1.807, 2.05) is 36.4 Å². The Kier molecular flexibility index (Phi) is 8.19. The SMILES string of the molecule is N[C@H]1CCC[N+](Cc2ccc(OCc3ccccc3)cc2)(Cc2ccc(OCc3ccccc3)cc2)C1. The number of ether oxygens (including phenoxy) is 2. The standard InChI is InChI=1S/C33H37N2O2/c34-31-12-7-21-35(24-31,22-27-13-17-32(18-14-27)36-25-29-8-3-1-4-9-29)23-28-15-19-33(20-16-28)37-26-30-10-5-2-6-11-30/h1-6,8-11,13-20,31H,7,12,21-26,34H2/q+1/t31-/m0/s1. The lowest BCUT2D eigenvalue weighted by molar-refractivity contribution is -0.958. The van der Waals surface area contributed by atoms with Crippen LogP contribution in [0.4, 0.5) is 0 Å². The predicted octanol–water partition coefficient (Wildman–Crippen LogP) is 6.48. The van der Waals surface area contributed by atoms with Gasteiger partial charge in [0.15, 0.2) is 0 Å². The fourth-order valence-electron chi connectivity index (χ4n) is 5.35. The maximum Gasteiger partial charge on any atom is 0.119 e. The topological polar surface area (TPSA) is 44.5 Å². The van der Waals surface area contributed by atoms with Crippen LogP contribution < -0.4 is 15.2 Å². The largest absolute Gasteiger partial charge is 0.489 e. The zero-order valence-corrected chi connectivity index (χ0v) is 21.5. The molecule has 0 aromatic heterocycles. The number of hydrogen-bond acceptors (Lipinski definition) is 3. The van der Waals surface area contributed by atoms with Gasteiger partial charge in [-0.15, -0.1) is 0 Å². The Morgan fingerprint density at radius 2 is 1.05 bits per heavy atom. The van der Waals surface area contributed by atoms with Crippen LogP contribution in [0, 0.1) is 0 Å². The zero-order chi connectivity index (χ0) is 25.3. The molecule has 0 radical (unpaired) electrons. The Morgan fingerprint density at radius 3 is 1.49 bits per heavy atom. The Balaban J connectivity index is 1.22. The lowest BCUT2D eigenvalue weighted by Crippen LogP contribution is -2.56. The second-order valence-corrected chi connectivity index (χ2v) is 10.3. The molecule has 0 unspecified atom stereocenters. The quantitative estimate of drug-likeness (QED) is 0.257. The molecule has 0 aliphatic carbocycles. The van der Waals surface area contributed by atoms with Crippen LogP contribution in [0.1, 0.15) is 35.1 Å². The van der Waals surface area contributed by atoms with Crippen molar-refractivity contribution in [2.75, 3.05) is 13.1 Å². The van der Waals surface area contributed by atoms with Gasteiger partial charge in [-0.25, -0.2) is 0 Å². The van der Waals surface area contributed by atoms with E-state index in [1.54, 1.807) is 0 Å². The fourth-order valence-corrected chi connectivity index (χ4v) is 5.35. The average Bonchev–Trinajstić information content (AvgIpc) is 2.93. The van der Waals surface area contributed by atoms with Crippen LogP contribution in [0.15, 0.2) is 109 Å². The van der Waals surface area contributed by atoms with E-state index in [1.165, 1.54) is 22.3 Å². The predicted molar refractivity (Wildman–Crippen MR) is 149 cm³/mol. The molecule has 1 fully saturated rings. The number of quaternary nitrogens is 1. The molecular weight excluding hydrogens is 456 g/mol. The minimum absolute atomic E-state index is 0.246. The van der Waals surface area contributed by atoms with Gasteiger partial charge in [-0.3, -0.25) is 0 Å². The number of nitrogens with zero attached hydrogens (tertiary/aromatic N) is 1. The van der Waals surface area contributed by atoms with E-state index in [-0.39, 0.29) is 6.04 Å². The van der Waals surface area contributed by atoms with Crippen molar-refractivity contribution in [2.45, 2.75) is 45.2 Å². The highest BCUT2D eigenvalue weighted by atomic mass is 16.5. The van der Waals surface area contributed by atoms with E-state index in [0.717, 1.165) is 55.0 Å². The van der Waals surface area contributed by atoms with E-state index in [9.17, 15) is 0 Å². The summed E-state index contributed by atoms with van der Waals surface area (Å²) in [7, 11) is 0. The van der Waals surface area contributed by atoms with E-state index in [0.29, 0.717) is 13.2 Å². The van der Waals surface area contributed by atoms with E-state index < -0.39 is 0 Å². The van der Waals surface area contributed by atoms with Gasteiger partial charge in [0.1, 0.15) is 37.8 Å². The summed E-state index contributed by atoms with van der Waals surface area (Å²) in [5, 5.41) is 0. The van der Waals surface area contributed by atoms with Gasteiger partial charge < -0.3 is 19.7 Å². The van der Waals surface area contributed by atoms with Gasteiger partial charge in [0.25, 0.3) is 0 Å². The summed E-state index contributed by atoms with van der Waals surface area (Å²) < 4.78 is 13.0. The first-order valence-corrected chi connectivity index (χ1v) is 13.3. The molecule has 1 atom stereocenters. The van der Waals surface area contributed by atoms with E-state index in [2.05, 4.69) is 72.8 Å². The molecule has 4 nitrogen and oxygen atoms in total. The summed E-state index contributed by atoms with van der Waals surface area (Å²) in [5.74, 6) is 1.81. The summed E-state index contributed by atoms with van der Waals surface area (Å²) in [6, 6.07) is 38.0. The number of nitrogens with two attached hydrogens (primary N) is 1. The third-order valence-corrected chi connectivity index (χ3v) is 7.21. The van der Waals surface area contributed by atoms with E-state index >= 15 is 0 Å². The number of likely N-dealkylation sites (tertiary alicyclic amines) is 1. The second-order valence-electron chi connectivity index (χ2n) is 10.3. The summed E-state index contributed by atoms with van der Waals surface area (Å²) >= 11 is 0. The molecule has 1 heterocycles. The maximum absolute atomic E-state index is 6.50. The second kappa shape index (κ2) is 12.1. The Bertz CT molecular complexity index is 1140. The van der Waals surface area contributed by atoms with Crippen molar-refractivity contribution < 1.29 is 14.0 Å². The lowest BCUT2D eigenvalue weighted by Gasteiger charge is -2.44. The molecule has 1 aliphatic heterocycles. The van der Waals surface area contributed by atoms with Gasteiger partial charge in [0, 0.05) is 11.1 Å². The minimum atomic E-state index is 0.246. The first-order valence-electron chi connectivity index (χ1n) is 13.3. The smallest absolute Gasteiger partial charge is 0.119 e. The molecule has 37 heavy (non-hydrogen) atoms. The number of hydrogen-bond donors (Lipinski definition) is 1.